The molecule has 0 fully saturated rings. The van der Waals surface area contributed by atoms with Crippen molar-refractivity contribution in [3.05, 3.63) is 52.1 Å². The number of rotatable bonds is 5. The molecule has 0 aliphatic heterocycles. The third kappa shape index (κ3) is 3.02. The van der Waals surface area contributed by atoms with E-state index in [0.29, 0.717) is 28.4 Å². The zero-order valence-electron chi connectivity index (χ0n) is 14.4. The number of ether oxygens (including phenoxy) is 3. The van der Waals surface area contributed by atoms with Crippen LogP contribution in [0.15, 0.2) is 24.3 Å². The fraction of sp³-hybridized carbons (Fsp3) is 0.316. The second kappa shape index (κ2) is 6.73. The van der Waals surface area contributed by atoms with Crippen LogP contribution < -0.4 is 14.2 Å². The monoisotopic (exact) mass is 314 g/mol. The van der Waals surface area contributed by atoms with Gasteiger partial charge in [0.2, 0.25) is 5.75 Å². The number of methoxy groups -OCH3 is 3. The van der Waals surface area contributed by atoms with Crippen LogP contribution >= 0.6 is 0 Å². The molecule has 0 bridgehead atoms. The highest BCUT2D eigenvalue weighted by Crippen LogP contribution is 2.39. The van der Waals surface area contributed by atoms with Crippen LogP contribution in [0.3, 0.4) is 0 Å². The number of benzene rings is 2. The maximum Gasteiger partial charge on any atom is 0.203 e. The largest absolute Gasteiger partial charge is 0.493 e. The summed E-state index contributed by atoms with van der Waals surface area (Å²) < 4.78 is 15.9. The van der Waals surface area contributed by atoms with E-state index in [9.17, 15) is 4.79 Å². The quantitative estimate of drug-likeness (QED) is 0.786. The minimum absolute atomic E-state index is 0.0650. The Kier molecular flexibility index (Phi) is 4.94. The van der Waals surface area contributed by atoms with E-state index < -0.39 is 0 Å². The summed E-state index contributed by atoms with van der Waals surface area (Å²) in [7, 11) is 4.61. The second-order valence-electron chi connectivity index (χ2n) is 5.42. The molecule has 0 atom stereocenters. The predicted molar refractivity (Wildman–Crippen MR) is 90.2 cm³/mol. The van der Waals surface area contributed by atoms with Crippen LogP contribution in [-0.2, 0) is 0 Å². The van der Waals surface area contributed by atoms with Crippen LogP contribution in [0.25, 0.3) is 0 Å². The van der Waals surface area contributed by atoms with E-state index in [1.165, 1.54) is 26.9 Å². The molecule has 0 aromatic heterocycles. The summed E-state index contributed by atoms with van der Waals surface area (Å²) in [6.07, 6.45) is 0. The zero-order valence-corrected chi connectivity index (χ0v) is 14.4. The highest BCUT2D eigenvalue weighted by molar-refractivity contribution is 6.10. The fourth-order valence-electron chi connectivity index (χ4n) is 2.57. The molecule has 0 N–H and O–H groups in total. The lowest BCUT2D eigenvalue weighted by Crippen LogP contribution is -2.07. The molecule has 0 saturated carbocycles. The van der Waals surface area contributed by atoms with Crippen molar-refractivity contribution < 1.29 is 19.0 Å². The molecule has 0 unspecified atom stereocenters. The maximum absolute atomic E-state index is 12.9. The van der Waals surface area contributed by atoms with Crippen molar-refractivity contribution in [1.82, 2.24) is 0 Å². The van der Waals surface area contributed by atoms with Gasteiger partial charge in [-0.05, 0) is 49.6 Å². The first kappa shape index (κ1) is 16.9. The first-order chi connectivity index (χ1) is 10.9. The smallest absolute Gasteiger partial charge is 0.203 e. The summed E-state index contributed by atoms with van der Waals surface area (Å²) in [5, 5.41) is 0. The molecule has 0 amide bonds. The number of carbonyl (C=O) groups excluding carboxylic acids is 1. The summed E-state index contributed by atoms with van der Waals surface area (Å²) in [6.45, 7) is 6.03. The zero-order chi connectivity index (χ0) is 17.1. The van der Waals surface area contributed by atoms with Crippen LogP contribution in [0.1, 0.15) is 32.6 Å². The van der Waals surface area contributed by atoms with Crippen molar-refractivity contribution in [2.45, 2.75) is 20.8 Å². The van der Waals surface area contributed by atoms with Crippen LogP contribution in [0.2, 0.25) is 0 Å². The Labute approximate surface area is 137 Å². The Hall–Kier alpha value is -2.49. The van der Waals surface area contributed by atoms with Gasteiger partial charge in [-0.3, -0.25) is 4.79 Å². The Morgan fingerprint density at radius 1 is 0.826 bits per heavy atom. The van der Waals surface area contributed by atoms with Gasteiger partial charge in [0.1, 0.15) is 0 Å². The Balaban J connectivity index is 2.58. The van der Waals surface area contributed by atoms with E-state index in [4.69, 9.17) is 14.2 Å². The molecule has 4 heteroatoms. The highest BCUT2D eigenvalue weighted by Gasteiger charge is 2.19. The Morgan fingerprint density at radius 2 is 1.39 bits per heavy atom. The van der Waals surface area contributed by atoms with Gasteiger partial charge >= 0.3 is 0 Å². The lowest BCUT2D eigenvalue weighted by molar-refractivity contribution is 0.103. The second-order valence-corrected chi connectivity index (χ2v) is 5.42. The van der Waals surface area contributed by atoms with E-state index in [1.807, 2.05) is 32.9 Å². The molecule has 0 spiro atoms. The van der Waals surface area contributed by atoms with Gasteiger partial charge in [0.25, 0.3) is 0 Å². The van der Waals surface area contributed by atoms with Crippen molar-refractivity contribution in [3.8, 4) is 17.2 Å². The number of ketones is 1. The van der Waals surface area contributed by atoms with Gasteiger partial charge in [-0.15, -0.1) is 0 Å². The predicted octanol–water partition coefficient (Wildman–Crippen LogP) is 3.87. The first-order valence-corrected chi connectivity index (χ1v) is 7.36. The fourth-order valence-corrected chi connectivity index (χ4v) is 2.57. The SMILES string of the molecule is COc1cc(C(=O)c2ccc(C)c(C)c2C)cc(OC)c1OC. The molecule has 23 heavy (non-hydrogen) atoms. The minimum atomic E-state index is -0.0650. The molecule has 2 aromatic rings. The molecular formula is C19H22O4. The molecule has 0 aliphatic rings. The van der Waals surface area contributed by atoms with Gasteiger partial charge in [-0.2, -0.15) is 0 Å². The molecule has 0 heterocycles. The van der Waals surface area contributed by atoms with Crippen molar-refractivity contribution >= 4 is 5.78 Å². The number of hydrogen-bond donors (Lipinski definition) is 0. The molecule has 0 radical (unpaired) electrons. The summed E-state index contributed by atoms with van der Waals surface area (Å²) in [6, 6.07) is 7.19. The van der Waals surface area contributed by atoms with E-state index >= 15 is 0 Å². The Bertz CT molecular complexity index is 722. The van der Waals surface area contributed by atoms with Crippen molar-refractivity contribution in [3.63, 3.8) is 0 Å². The van der Waals surface area contributed by atoms with Crippen molar-refractivity contribution in [2.75, 3.05) is 21.3 Å². The van der Waals surface area contributed by atoms with Gasteiger partial charge in [0.15, 0.2) is 17.3 Å². The third-order valence-electron chi connectivity index (χ3n) is 4.23. The summed E-state index contributed by atoms with van der Waals surface area (Å²) in [5.74, 6) is 1.35. The van der Waals surface area contributed by atoms with E-state index in [2.05, 4.69) is 0 Å². The molecule has 0 aliphatic carbocycles. The molecule has 2 rings (SSSR count). The molecule has 122 valence electrons. The van der Waals surface area contributed by atoms with Gasteiger partial charge in [0, 0.05) is 11.1 Å². The van der Waals surface area contributed by atoms with E-state index in [1.54, 1.807) is 12.1 Å². The van der Waals surface area contributed by atoms with Gasteiger partial charge in [-0.1, -0.05) is 12.1 Å². The average Bonchev–Trinajstić information content (AvgIpc) is 2.57. The highest BCUT2D eigenvalue weighted by atomic mass is 16.5. The molecule has 4 nitrogen and oxygen atoms in total. The van der Waals surface area contributed by atoms with E-state index in [0.717, 1.165) is 11.1 Å². The number of hydrogen-bond acceptors (Lipinski definition) is 4. The van der Waals surface area contributed by atoms with Gasteiger partial charge in [-0.25, -0.2) is 0 Å². The van der Waals surface area contributed by atoms with Crippen LogP contribution in [0.4, 0.5) is 0 Å². The lowest BCUT2D eigenvalue weighted by Gasteiger charge is -2.15. The standard InChI is InChI=1S/C19H22O4/c1-11-7-8-15(13(3)12(11)2)18(20)14-9-16(21-4)19(23-6)17(10-14)22-5/h7-10H,1-6H3. The topological polar surface area (TPSA) is 44.8 Å². The minimum Gasteiger partial charge on any atom is -0.493 e. The first-order valence-electron chi connectivity index (χ1n) is 7.36. The van der Waals surface area contributed by atoms with Crippen LogP contribution in [0, 0.1) is 20.8 Å². The van der Waals surface area contributed by atoms with Crippen molar-refractivity contribution in [2.24, 2.45) is 0 Å². The summed E-state index contributed by atoms with van der Waals surface area (Å²) >= 11 is 0. The van der Waals surface area contributed by atoms with Crippen LogP contribution in [-0.4, -0.2) is 27.1 Å². The molecular weight excluding hydrogens is 292 g/mol. The lowest BCUT2D eigenvalue weighted by atomic mass is 9.93. The summed E-state index contributed by atoms with van der Waals surface area (Å²) in [5.41, 5.74) is 4.48. The normalized spacial score (nSPS) is 10.3. The maximum atomic E-state index is 12.9. The van der Waals surface area contributed by atoms with Gasteiger partial charge in [0.05, 0.1) is 21.3 Å². The number of carbonyl (C=O) groups is 1. The number of aryl methyl sites for hydroxylation is 1. The third-order valence-corrected chi connectivity index (χ3v) is 4.23. The van der Waals surface area contributed by atoms with Crippen LogP contribution in [0.5, 0.6) is 17.2 Å². The van der Waals surface area contributed by atoms with Crippen molar-refractivity contribution in [1.29, 1.82) is 0 Å². The Morgan fingerprint density at radius 3 is 1.87 bits per heavy atom. The van der Waals surface area contributed by atoms with Gasteiger partial charge < -0.3 is 14.2 Å². The summed E-state index contributed by atoms with van der Waals surface area (Å²) in [4.78, 5) is 12.9. The molecule has 2 aromatic carbocycles. The molecule has 0 saturated heterocycles. The van der Waals surface area contributed by atoms with E-state index in [-0.39, 0.29) is 5.78 Å². The average molecular weight is 314 g/mol.